The summed E-state index contributed by atoms with van der Waals surface area (Å²) in [6, 6.07) is 7.82. The van der Waals surface area contributed by atoms with Gasteiger partial charge in [-0.05, 0) is 18.1 Å². The van der Waals surface area contributed by atoms with Crippen molar-refractivity contribution < 1.29 is 9.53 Å². The van der Waals surface area contributed by atoms with Crippen LogP contribution in [0.15, 0.2) is 24.3 Å². The first kappa shape index (κ1) is 11.5. The van der Waals surface area contributed by atoms with Gasteiger partial charge in [-0.3, -0.25) is 4.79 Å². The monoisotopic (exact) mass is 229 g/mol. The zero-order valence-electron chi connectivity index (χ0n) is 9.61. The smallest absolute Gasteiger partial charge is 0.226 e. The molecule has 1 amide bonds. The summed E-state index contributed by atoms with van der Waals surface area (Å²) < 4.78 is 5.56. The summed E-state index contributed by atoms with van der Waals surface area (Å²) in [4.78, 5) is 11.8. The molecule has 0 radical (unpaired) electrons. The third kappa shape index (κ3) is 2.79. The maximum Gasteiger partial charge on any atom is 0.226 e. The Morgan fingerprint density at radius 2 is 2.35 bits per heavy atom. The standard InChI is InChI=1S/C14H15NO2/c1-2-3-8-15-14(16)12-9-11-6-4-5-7-13(11)17-10-12/h1,4-7,12H,3,8-10H2,(H,15,16). The van der Waals surface area contributed by atoms with Gasteiger partial charge in [-0.2, -0.15) is 0 Å². The van der Waals surface area contributed by atoms with Crippen molar-refractivity contribution in [2.24, 2.45) is 5.92 Å². The molecule has 0 spiro atoms. The van der Waals surface area contributed by atoms with Gasteiger partial charge in [-0.15, -0.1) is 12.3 Å². The molecule has 1 atom stereocenters. The Balaban J connectivity index is 1.93. The Bertz CT molecular complexity index is 448. The van der Waals surface area contributed by atoms with Crippen molar-refractivity contribution in [3.8, 4) is 18.1 Å². The molecule has 17 heavy (non-hydrogen) atoms. The molecule has 0 aliphatic carbocycles. The molecule has 1 N–H and O–H groups in total. The van der Waals surface area contributed by atoms with Crippen LogP contribution in [-0.2, 0) is 11.2 Å². The summed E-state index contributed by atoms with van der Waals surface area (Å²) >= 11 is 0. The molecule has 0 saturated carbocycles. The molecule has 1 heterocycles. The molecule has 88 valence electrons. The summed E-state index contributed by atoms with van der Waals surface area (Å²) in [7, 11) is 0. The Labute approximate surface area is 101 Å². The molecule has 1 aromatic carbocycles. The van der Waals surface area contributed by atoms with Crippen LogP contribution in [-0.4, -0.2) is 19.1 Å². The number of carbonyl (C=O) groups is 1. The molecule has 1 aromatic rings. The molecule has 1 aliphatic heterocycles. The Hall–Kier alpha value is -1.95. The average Bonchev–Trinajstić information content (AvgIpc) is 2.38. The van der Waals surface area contributed by atoms with Crippen LogP contribution in [0, 0.1) is 18.3 Å². The SMILES string of the molecule is C#CCCNC(=O)C1COc2ccccc2C1. The van der Waals surface area contributed by atoms with Crippen LogP contribution in [0.4, 0.5) is 0 Å². The number of amides is 1. The lowest BCUT2D eigenvalue weighted by atomic mass is 9.96. The first-order valence-corrected chi connectivity index (χ1v) is 5.73. The predicted octanol–water partition coefficient (Wildman–Crippen LogP) is 1.38. The van der Waals surface area contributed by atoms with Crippen LogP contribution in [0.5, 0.6) is 5.75 Å². The van der Waals surface area contributed by atoms with E-state index in [-0.39, 0.29) is 11.8 Å². The fraction of sp³-hybridized carbons (Fsp3) is 0.357. The third-order valence-electron chi connectivity index (χ3n) is 2.82. The summed E-state index contributed by atoms with van der Waals surface area (Å²) in [5.74, 6) is 3.30. The predicted molar refractivity (Wildman–Crippen MR) is 65.6 cm³/mol. The summed E-state index contributed by atoms with van der Waals surface area (Å²) in [5.41, 5.74) is 1.09. The van der Waals surface area contributed by atoms with E-state index in [0.29, 0.717) is 19.6 Å². The average molecular weight is 229 g/mol. The highest BCUT2D eigenvalue weighted by Gasteiger charge is 2.25. The van der Waals surface area contributed by atoms with Crippen molar-refractivity contribution >= 4 is 5.91 Å². The number of rotatable bonds is 3. The third-order valence-corrected chi connectivity index (χ3v) is 2.82. The Kier molecular flexibility index (Phi) is 3.66. The molecular weight excluding hydrogens is 214 g/mol. The number of hydrogen-bond acceptors (Lipinski definition) is 2. The first-order valence-electron chi connectivity index (χ1n) is 5.73. The van der Waals surface area contributed by atoms with E-state index in [2.05, 4.69) is 11.2 Å². The zero-order chi connectivity index (χ0) is 12.1. The minimum Gasteiger partial charge on any atom is -0.492 e. The zero-order valence-corrected chi connectivity index (χ0v) is 9.61. The summed E-state index contributed by atoms with van der Waals surface area (Å²) in [5, 5.41) is 2.82. The van der Waals surface area contributed by atoms with E-state index >= 15 is 0 Å². The van der Waals surface area contributed by atoms with Crippen molar-refractivity contribution in [1.82, 2.24) is 5.32 Å². The Morgan fingerprint density at radius 3 is 3.18 bits per heavy atom. The summed E-state index contributed by atoms with van der Waals surface area (Å²) in [6.07, 6.45) is 6.43. The molecule has 0 saturated heterocycles. The van der Waals surface area contributed by atoms with Crippen LogP contribution >= 0.6 is 0 Å². The van der Waals surface area contributed by atoms with E-state index in [9.17, 15) is 4.79 Å². The fourth-order valence-electron chi connectivity index (χ4n) is 1.90. The van der Waals surface area contributed by atoms with Gasteiger partial charge in [0.15, 0.2) is 0 Å². The van der Waals surface area contributed by atoms with Crippen LogP contribution in [0.25, 0.3) is 0 Å². The van der Waals surface area contributed by atoms with Crippen LogP contribution < -0.4 is 10.1 Å². The lowest BCUT2D eigenvalue weighted by Crippen LogP contribution is -2.37. The van der Waals surface area contributed by atoms with Crippen LogP contribution in [0.2, 0.25) is 0 Å². The van der Waals surface area contributed by atoms with E-state index in [0.717, 1.165) is 17.7 Å². The maximum absolute atomic E-state index is 11.8. The molecule has 0 bridgehead atoms. The van der Waals surface area contributed by atoms with Gasteiger partial charge >= 0.3 is 0 Å². The van der Waals surface area contributed by atoms with Gasteiger partial charge in [0.05, 0.1) is 5.92 Å². The van der Waals surface area contributed by atoms with E-state index < -0.39 is 0 Å². The molecule has 1 unspecified atom stereocenters. The fourth-order valence-corrected chi connectivity index (χ4v) is 1.90. The van der Waals surface area contributed by atoms with Crippen LogP contribution in [0.3, 0.4) is 0 Å². The highest BCUT2D eigenvalue weighted by molar-refractivity contribution is 5.79. The van der Waals surface area contributed by atoms with Gasteiger partial charge < -0.3 is 10.1 Å². The van der Waals surface area contributed by atoms with Crippen molar-refractivity contribution in [3.05, 3.63) is 29.8 Å². The number of terminal acetylenes is 1. The van der Waals surface area contributed by atoms with Crippen LogP contribution in [0.1, 0.15) is 12.0 Å². The van der Waals surface area contributed by atoms with Crippen molar-refractivity contribution in [2.45, 2.75) is 12.8 Å². The molecule has 0 aromatic heterocycles. The van der Waals surface area contributed by atoms with Gasteiger partial charge in [0.2, 0.25) is 5.91 Å². The Morgan fingerprint density at radius 1 is 1.53 bits per heavy atom. The molecule has 1 aliphatic rings. The highest BCUT2D eigenvalue weighted by Crippen LogP contribution is 2.26. The van der Waals surface area contributed by atoms with Crippen molar-refractivity contribution in [1.29, 1.82) is 0 Å². The number of benzene rings is 1. The number of para-hydroxylation sites is 1. The molecule has 2 rings (SSSR count). The second-order valence-electron chi connectivity index (χ2n) is 4.06. The van der Waals surface area contributed by atoms with E-state index in [4.69, 9.17) is 11.2 Å². The van der Waals surface area contributed by atoms with Gasteiger partial charge in [-0.1, -0.05) is 18.2 Å². The lowest BCUT2D eigenvalue weighted by Gasteiger charge is -2.24. The first-order chi connectivity index (χ1) is 8.31. The molecular formula is C14H15NO2. The number of hydrogen-bond donors (Lipinski definition) is 1. The van der Waals surface area contributed by atoms with E-state index in [1.807, 2.05) is 24.3 Å². The summed E-state index contributed by atoms with van der Waals surface area (Å²) in [6.45, 7) is 0.979. The van der Waals surface area contributed by atoms with Gasteiger partial charge in [0, 0.05) is 13.0 Å². The number of nitrogens with one attached hydrogen (secondary N) is 1. The maximum atomic E-state index is 11.8. The van der Waals surface area contributed by atoms with E-state index in [1.54, 1.807) is 0 Å². The quantitative estimate of drug-likeness (QED) is 0.628. The van der Waals surface area contributed by atoms with Crippen molar-refractivity contribution in [3.63, 3.8) is 0 Å². The van der Waals surface area contributed by atoms with Crippen molar-refractivity contribution in [2.75, 3.05) is 13.2 Å². The second-order valence-corrected chi connectivity index (χ2v) is 4.06. The number of carbonyl (C=O) groups excluding carboxylic acids is 1. The number of ether oxygens (including phenoxy) is 1. The molecule has 3 heteroatoms. The van der Waals surface area contributed by atoms with Gasteiger partial charge in [-0.25, -0.2) is 0 Å². The molecule has 0 fully saturated rings. The lowest BCUT2D eigenvalue weighted by molar-refractivity contribution is -0.126. The normalized spacial score (nSPS) is 17.5. The molecule has 3 nitrogen and oxygen atoms in total. The van der Waals surface area contributed by atoms with E-state index in [1.165, 1.54) is 0 Å². The topological polar surface area (TPSA) is 38.3 Å². The van der Waals surface area contributed by atoms with Gasteiger partial charge in [0.1, 0.15) is 12.4 Å². The highest BCUT2D eigenvalue weighted by atomic mass is 16.5. The second kappa shape index (κ2) is 5.40. The van der Waals surface area contributed by atoms with Gasteiger partial charge in [0.25, 0.3) is 0 Å². The largest absolute Gasteiger partial charge is 0.492 e. The minimum atomic E-state index is -0.109. The number of fused-ring (bicyclic) bond motifs is 1. The minimum absolute atomic E-state index is 0.0229.